The molecular weight excluding hydrogens is 218 g/mol. The van der Waals surface area contributed by atoms with Gasteiger partial charge in [0, 0.05) is 10.5 Å². The minimum atomic E-state index is -0.861. The van der Waals surface area contributed by atoms with E-state index in [2.05, 4.69) is 13.8 Å². The van der Waals surface area contributed by atoms with E-state index < -0.39 is 6.09 Å². The largest absolute Gasteiger partial charge is 0.464 e. The van der Waals surface area contributed by atoms with Gasteiger partial charge in [-0.05, 0) is 36.7 Å². The summed E-state index contributed by atoms with van der Waals surface area (Å²) in [6.45, 7) is 8.20. The minimum Gasteiger partial charge on any atom is -0.464 e. The Bertz CT molecular complexity index is 166. The van der Waals surface area contributed by atoms with E-state index in [0.29, 0.717) is 10.5 Å². The molecule has 0 aromatic carbocycles. The molecule has 0 spiro atoms. The molecule has 0 bridgehead atoms. The number of rotatable bonds is 6. The second-order valence-electron chi connectivity index (χ2n) is 3.19. The predicted molar refractivity (Wildman–Crippen MR) is 64.6 cm³/mol. The van der Waals surface area contributed by atoms with Crippen LogP contribution in [0.25, 0.3) is 0 Å². The molecule has 0 aliphatic carbocycles. The van der Waals surface area contributed by atoms with Crippen LogP contribution in [0.1, 0.15) is 40.5 Å². The van der Waals surface area contributed by atoms with Crippen molar-refractivity contribution in [2.45, 2.75) is 51.0 Å². The highest BCUT2D eigenvalue weighted by Crippen LogP contribution is 2.30. The summed E-state index contributed by atoms with van der Waals surface area (Å²) in [7, 11) is 0. The second kappa shape index (κ2) is 7.29. The van der Waals surface area contributed by atoms with Gasteiger partial charge >= 0.3 is 6.09 Å². The normalized spacial score (nSPS) is 14.9. The van der Waals surface area contributed by atoms with Crippen molar-refractivity contribution >= 4 is 30.0 Å². The Labute approximate surface area is 94.9 Å². The van der Waals surface area contributed by atoms with Gasteiger partial charge in [0.05, 0.1) is 0 Å². The Hall–Kier alpha value is -0.0300. The number of carbonyl (C=O) groups is 1. The smallest absolute Gasteiger partial charge is 0.427 e. The van der Waals surface area contributed by atoms with E-state index in [9.17, 15) is 4.79 Å². The van der Waals surface area contributed by atoms with Crippen LogP contribution in [0.4, 0.5) is 4.79 Å². The van der Waals surface area contributed by atoms with Gasteiger partial charge in [0.1, 0.15) is 0 Å². The van der Waals surface area contributed by atoms with E-state index >= 15 is 0 Å². The van der Waals surface area contributed by atoms with Gasteiger partial charge in [-0.3, -0.25) is 0 Å². The number of carboxylic acid groups (broad SMARTS) is 1. The lowest BCUT2D eigenvalue weighted by Crippen LogP contribution is -2.20. The molecule has 0 aliphatic heterocycles. The first-order valence-corrected chi connectivity index (χ1v) is 6.55. The number of nitrogens with zero attached hydrogens (tertiary/aromatic N) is 1. The Kier molecular flexibility index (Phi) is 7.27. The van der Waals surface area contributed by atoms with E-state index in [4.69, 9.17) is 5.11 Å². The molecule has 3 nitrogen and oxygen atoms in total. The quantitative estimate of drug-likeness (QED) is 0.712. The lowest BCUT2D eigenvalue weighted by Gasteiger charge is -2.22. The Morgan fingerprint density at radius 3 is 1.79 bits per heavy atom. The standard InChI is InChI=1S/C9H19NO2S2/c1-5-7(3)13-10(9(11)12)14-8(4)6-2/h7-8H,5-6H2,1-4H3,(H,11,12). The zero-order valence-electron chi connectivity index (χ0n) is 9.19. The number of hydrogen-bond acceptors (Lipinski definition) is 3. The Morgan fingerprint density at radius 1 is 1.21 bits per heavy atom. The fraction of sp³-hybridized carbons (Fsp3) is 0.889. The summed E-state index contributed by atoms with van der Waals surface area (Å²) in [6.07, 6.45) is 1.10. The average Bonchev–Trinajstić information content (AvgIpc) is 2.16. The maximum Gasteiger partial charge on any atom is 0.427 e. The van der Waals surface area contributed by atoms with Crippen molar-refractivity contribution in [1.82, 2.24) is 3.71 Å². The maximum absolute atomic E-state index is 10.9. The molecular formula is C9H19NO2S2. The van der Waals surface area contributed by atoms with Crippen LogP contribution in [0, 0.1) is 0 Å². The molecule has 84 valence electrons. The number of amides is 1. The van der Waals surface area contributed by atoms with Crippen molar-refractivity contribution in [3.63, 3.8) is 0 Å². The summed E-state index contributed by atoms with van der Waals surface area (Å²) < 4.78 is 1.38. The molecule has 0 heterocycles. The van der Waals surface area contributed by atoms with Gasteiger partial charge in [-0.15, -0.1) is 0 Å². The van der Waals surface area contributed by atoms with Gasteiger partial charge in [-0.2, -0.15) is 3.71 Å². The van der Waals surface area contributed by atoms with Crippen LogP contribution in [-0.4, -0.2) is 25.4 Å². The third-order valence-corrected chi connectivity index (χ3v) is 4.46. The fourth-order valence-corrected chi connectivity index (χ4v) is 2.80. The van der Waals surface area contributed by atoms with Crippen molar-refractivity contribution in [2.24, 2.45) is 0 Å². The predicted octanol–water partition coefficient (Wildman–Crippen LogP) is 3.86. The van der Waals surface area contributed by atoms with Crippen molar-refractivity contribution < 1.29 is 9.90 Å². The molecule has 0 rings (SSSR count). The molecule has 5 heteroatoms. The monoisotopic (exact) mass is 237 g/mol. The SMILES string of the molecule is CCC(C)SN(SC(C)CC)C(=O)O. The van der Waals surface area contributed by atoms with Crippen LogP contribution in [0.15, 0.2) is 0 Å². The molecule has 0 aromatic rings. The van der Waals surface area contributed by atoms with Gasteiger partial charge < -0.3 is 5.11 Å². The van der Waals surface area contributed by atoms with E-state index in [1.54, 1.807) is 0 Å². The van der Waals surface area contributed by atoms with E-state index in [-0.39, 0.29) is 0 Å². The van der Waals surface area contributed by atoms with Crippen molar-refractivity contribution in [3.8, 4) is 0 Å². The Balaban J connectivity index is 4.09. The first kappa shape index (κ1) is 14.0. The topological polar surface area (TPSA) is 40.5 Å². The summed E-state index contributed by atoms with van der Waals surface area (Å²) in [4.78, 5) is 10.9. The maximum atomic E-state index is 10.9. The van der Waals surface area contributed by atoms with Gasteiger partial charge in [0.15, 0.2) is 0 Å². The van der Waals surface area contributed by atoms with E-state index in [0.717, 1.165) is 12.8 Å². The molecule has 2 unspecified atom stereocenters. The summed E-state index contributed by atoms with van der Waals surface area (Å²) in [5.41, 5.74) is 0. The molecule has 0 saturated heterocycles. The zero-order chi connectivity index (χ0) is 11.1. The summed E-state index contributed by atoms with van der Waals surface area (Å²) in [5, 5.41) is 9.65. The molecule has 1 amide bonds. The highest BCUT2D eigenvalue weighted by Gasteiger charge is 2.18. The molecule has 14 heavy (non-hydrogen) atoms. The highest BCUT2D eigenvalue weighted by atomic mass is 32.2. The van der Waals surface area contributed by atoms with Crippen LogP contribution in [0.2, 0.25) is 0 Å². The molecule has 0 saturated carbocycles. The number of hydrogen-bond donors (Lipinski definition) is 1. The first-order chi connectivity index (χ1) is 6.51. The summed E-state index contributed by atoms with van der Waals surface area (Å²) >= 11 is 2.79. The lowest BCUT2D eigenvalue weighted by atomic mass is 10.4. The lowest BCUT2D eigenvalue weighted by molar-refractivity contribution is 0.190. The van der Waals surface area contributed by atoms with Gasteiger partial charge in [0.25, 0.3) is 0 Å². The molecule has 0 fully saturated rings. The van der Waals surface area contributed by atoms with Crippen LogP contribution < -0.4 is 0 Å². The fourth-order valence-electron chi connectivity index (χ4n) is 0.591. The minimum absolute atomic E-state index is 0.350. The van der Waals surface area contributed by atoms with E-state index in [1.165, 1.54) is 27.6 Å². The van der Waals surface area contributed by atoms with Gasteiger partial charge in [-0.1, -0.05) is 27.7 Å². The summed E-state index contributed by atoms with van der Waals surface area (Å²) in [6, 6.07) is 0. The van der Waals surface area contributed by atoms with Crippen LogP contribution in [0.3, 0.4) is 0 Å². The molecule has 0 aliphatic rings. The average molecular weight is 237 g/mol. The molecule has 0 radical (unpaired) electrons. The first-order valence-electron chi connectivity index (χ1n) is 4.87. The summed E-state index contributed by atoms with van der Waals surface area (Å²) in [5.74, 6) is 0. The van der Waals surface area contributed by atoms with E-state index in [1.807, 2.05) is 13.8 Å². The molecule has 1 N–H and O–H groups in total. The zero-order valence-corrected chi connectivity index (χ0v) is 10.8. The van der Waals surface area contributed by atoms with Crippen LogP contribution >= 0.6 is 23.9 Å². The molecule has 2 atom stereocenters. The third kappa shape index (κ3) is 5.65. The highest BCUT2D eigenvalue weighted by molar-refractivity contribution is 8.13. The third-order valence-electron chi connectivity index (χ3n) is 1.86. The Morgan fingerprint density at radius 2 is 1.57 bits per heavy atom. The van der Waals surface area contributed by atoms with Crippen molar-refractivity contribution in [2.75, 3.05) is 0 Å². The van der Waals surface area contributed by atoms with Crippen molar-refractivity contribution in [3.05, 3.63) is 0 Å². The van der Waals surface area contributed by atoms with Crippen LogP contribution in [0.5, 0.6) is 0 Å². The molecule has 0 aromatic heterocycles. The second-order valence-corrected chi connectivity index (χ2v) is 6.18. The van der Waals surface area contributed by atoms with Crippen molar-refractivity contribution in [1.29, 1.82) is 0 Å². The van der Waals surface area contributed by atoms with Crippen LogP contribution in [-0.2, 0) is 0 Å². The van der Waals surface area contributed by atoms with Gasteiger partial charge in [-0.25, -0.2) is 4.79 Å². The van der Waals surface area contributed by atoms with Gasteiger partial charge in [0.2, 0.25) is 0 Å².